The zero-order chi connectivity index (χ0) is 18.6. The molecule has 0 radical (unpaired) electrons. The van der Waals surface area contributed by atoms with Gasteiger partial charge >= 0.3 is 0 Å². The predicted octanol–water partition coefficient (Wildman–Crippen LogP) is 3.80. The Balaban J connectivity index is 1.68. The van der Waals surface area contributed by atoms with Crippen molar-refractivity contribution in [3.63, 3.8) is 0 Å². The van der Waals surface area contributed by atoms with Gasteiger partial charge in [-0.05, 0) is 55.2 Å². The molecule has 2 atom stereocenters. The molecule has 5 nitrogen and oxygen atoms in total. The highest BCUT2D eigenvalue weighted by Gasteiger charge is 2.23. The van der Waals surface area contributed by atoms with E-state index in [9.17, 15) is 13.2 Å². The van der Waals surface area contributed by atoms with Gasteiger partial charge in [-0.15, -0.1) is 0 Å². The Morgan fingerprint density at radius 3 is 2.27 bits per heavy atom. The third kappa shape index (κ3) is 4.43. The molecule has 0 heterocycles. The fourth-order valence-corrected chi connectivity index (χ4v) is 4.35. The molecule has 0 saturated heterocycles. The first kappa shape index (κ1) is 18.5. The summed E-state index contributed by atoms with van der Waals surface area (Å²) in [5.41, 5.74) is 0.974. The number of amides is 1. The molecule has 3 rings (SSSR count). The van der Waals surface area contributed by atoms with E-state index in [0.717, 1.165) is 19.3 Å². The number of sulfonamides is 1. The van der Waals surface area contributed by atoms with Crippen molar-refractivity contribution >= 4 is 21.6 Å². The number of benzene rings is 2. The van der Waals surface area contributed by atoms with E-state index in [1.54, 1.807) is 36.4 Å². The first-order valence-electron chi connectivity index (χ1n) is 8.94. The Kier molecular flexibility index (Phi) is 5.61. The summed E-state index contributed by atoms with van der Waals surface area (Å²) in [5, 5.41) is 3.08. The highest BCUT2D eigenvalue weighted by molar-refractivity contribution is 7.92. The molecule has 26 heavy (non-hydrogen) atoms. The van der Waals surface area contributed by atoms with Crippen LogP contribution < -0.4 is 10.0 Å². The molecule has 0 bridgehead atoms. The van der Waals surface area contributed by atoms with Crippen molar-refractivity contribution in [1.82, 2.24) is 5.32 Å². The Labute approximate surface area is 154 Å². The monoisotopic (exact) mass is 372 g/mol. The minimum atomic E-state index is -3.67. The van der Waals surface area contributed by atoms with Gasteiger partial charge in [-0.1, -0.05) is 38.0 Å². The van der Waals surface area contributed by atoms with E-state index < -0.39 is 10.0 Å². The van der Waals surface area contributed by atoms with Gasteiger partial charge < -0.3 is 5.32 Å². The van der Waals surface area contributed by atoms with Crippen LogP contribution in [0.2, 0.25) is 0 Å². The molecule has 2 aromatic carbocycles. The number of para-hydroxylation sites is 1. The second-order valence-corrected chi connectivity index (χ2v) is 8.52. The first-order chi connectivity index (χ1) is 12.5. The van der Waals surface area contributed by atoms with E-state index >= 15 is 0 Å². The Bertz CT molecular complexity index is 848. The normalized spacial score (nSPS) is 20.3. The fraction of sp³-hybridized carbons (Fsp3) is 0.350. The molecule has 0 unspecified atom stereocenters. The van der Waals surface area contributed by atoms with E-state index in [2.05, 4.69) is 17.0 Å². The van der Waals surface area contributed by atoms with Crippen molar-refractivity contribution in [3.05, 3.63) is 60.2 Å². The molecule has 6 heteroatoms. The molecule has 2 aromatic rings. The Hall–Kier alpha value is -2.34. The lowest BCUT2D eigenvalue weighted by Gasteiger charge is -2.29. The van der Waals surface area contributed by atoms with E-state index in [1.807, 2.05) is 6.07 Å². The average Bonchev–Trinajstić information content (AvgIpc) is 2.64. The molecule has 1 fully saturated rings. The smallest absolute Gasteiger partial charge is 0.261 e. The van der Waals surface area contributed by atoms with Crippen molar-refractivity contribution < 1.29 is 13.2 Å². The molecular formula is C20H24N2O3S. The maximum atomic E-state index is 12.4. The van der Waals surface area contributed by atoms with Crippen LogP contribution in [0.25, 0.3) is 0 Å². The highest BCUT2D eigenvalue weighted by atomic mass is 32.2. The summed E-state index contributed by atoms with van der Waals surface area (Å²) in [5.74, 6) is 0.325. The summed E-state index contributed by atoms with van der Waals surface area (Å²) < 4.78 is 27.4. The molecule has 0 spiro atoms. The quantitative estimate of drug-likeness (QED) is 0.838. The molecule has 1 aliphatic rings. The Morgan fingerprint density at radius 1 is 0.962 bits per heavy atom. The summed E-state index contributed by atoms with van der Waals surface area (Å²) in [6.07, 6.45) is 4.49. The third-order valence-corrected chi connectivity index (χ3v) is 6.28. The van der Waals surface area contributed by atoms with Gasteiger partial charge in [0.05, 0.1) is 4.90 Å². The molecule has 2 N–H and O–H groups in total. The lowest BCUT2D eigenvalue weighted by atomic mass is 9.86. The number of nitrogens with one attached hydrogen (secondary N) is 2. The lowest BCUT2D eigenvalue weighted by Crippen LogP contribution is -2.41. The zero-order valence-electron chi connectivity index (χ0n) is 14.8. The van der Waals surface area contributed by atoms with Crippen LogP contribution in [0.15, 0.2) is 59.5 Å². The number of carbonyl (C=O) groups is 1. The molecule has 138 valence electrons. The van der Waals surface area contributed by atoms with Crippen LogP contribution in [0, 0.1) is 5.92 Å². The average molecular weight is 372 g/mol. The second kappa shape index (κ2) is 7.91. The third-order valence-electron chi connectivity index (χ3n) is 4.88. The van der Waals surface area contributed by atoms with Crippen LogP contribution in [0.1, 0.15) is 43.0 Å². The largest absolute Gasteiger partial charge is 0.349 e. The van der Waals surface area contributed by atoms with Crippen LogP contribution in [0.4, 0.5) is 5.69 Å². The number of rotatable bonds is 5. The second-order valence-electron chi connectivity index (χ2n) is 6.84. The number of hydrogen-bond acceptors (Lipinski definition) is 3. The van der Waals surface area contributed by atoms with Crippen LogP contribution in [0.3, 0.4) is 0 Å². The number of anilines is 1. The van der Waals surface area contributed by atoms with Crippen LogP contribution >= 0.6 is 0 Å². The van der Waals surface area contributed by atoms with E-state index in [1.165, 1.54) is 18.6 Å². The summed E-state index contributed by atoms with van der Waals surface area (Å²) >= 11 is 0. The van der Waals surface area contributed by atoms with Gasteiger partial charge in [0, 0.05) is 17.3 Å². The topological polar surface area (TPSA) is 75.3 Å². The minimum absolute atomic E-state index is 0.129. The van der Waals surface area contributed by atoms with Crippen molar-refractivity contribution in [2.24, 2.45) is 5.92 Å². The molecule has 1 saturated carbocycles. The van der Waals surface area contributed by atoms with Crippen molar-refractivity contribution in [2.45, 2.75) is 43.5 Å². The van der Waals surface area contributed by atoms with E-state index in [4.69, 9.17) is 0 Å². The summed E-state index contributed by atoms with van der Waals surface area (Å²) in [7, 11) is -3.67. The van der Waals surface area contributed by atoms with E-state index in [-0.39, 0.29) is 16.8 Å². The molecule has 0 aliphatic heterocycles. The SMILES string of the molecule is C[C@H]1CCCC[C@H]1NC(=O)c1ccc(S(=O)(=O)Nc2ccccc2)cc1. The summed E-state index contributed by atoms with van der Waals surface area (Å²) in [4.78, 5) is 12.6. The summed E-state index contributed by atoms with van der Waals surface area (Å²) in [6.45, 7) is 2.16. The van der Waals surface area contributed by atoms with Gasteiger partial charge in [0.15, 0.2) is 0 Å². The fourth-order valence-electron chi connectivity index (χ4n) is 3.29. The van der Waals surface area contributed by atoms with Gasteiger partial charge in [0.25, 0.3) is 15.9 Å². The maximum absolute atomic E-state index is 12.4. The minimum Gasteiger partial charge on any atom is -0.349 e. The predicted molar refractivity (Wildman–Crippen MR) is 103 cm³/mol. The van der Waals surface area contributed by atoms with Crippen LogP contribution in [0.5, 0.6) is 0 Å². The summed E-state index contributed by atoms with van der Waals surface area (Å²) in [6, 6.07) is 14.9. The molecule has 1 amide bonds. The van der Waals surface area contributed by atoms with Gasteiger partial charge in [-0.3, -0.25) is 9.52 Å². The molecule has 1 aliphatic carbocycles. The van der Waals surface area contributed by atoms with E-state index in [0.29, 0.717) is 17.2 Å². The molecule has 0 aromatic heterocycles. The van der Waals surface area contributed by atoms with Gasteiger partial charge in [-0.25, -0.2) is 8.42 Å². The van der Waals surface area contributed by atoms with Gasteiger partial charge in [0.2, 0.25) is 0 Å². The van der Waals surface area contributed by atoms with Crippen molar-refractivity contribution in [3.8, 4) is 0 Å². The van der Waals surface area contributed by atoms with Crippen LogP contribution in [-0.2, 0) is 10.0 Å². The zero-order valence-corrected chi connectivity index (χ0v) is 15.6. The number of carbonyl (C=O) groups excluding carboxylic acids is 1. The standard InChI is InChI=1S/C20H24N2O3S/c1-15-7-5-6-10-19(15)21-20(23)16-11-13-18(14-12-16)26(24,25)22-17-8-3-2-4-9-17/h2-4,8-9,11-15,19,22H,5-7,10H2,1H3,(H,21,23)/t15-,19+/m0/s1. The highest BCUT2D eigenvalue weighted by Crippen LogP contribution is 2.24. The first-order valence-corrected chi connectivity index (χ1v) is 10.4. The van der Waals surface area contributed by atoms with Gasteiger partial charge in [0.1, 0.15) is 0 Å². The van der Waals surface area contributed by atoms with Crippen molar-refractivity contribution in [1.29, 1.82) is 0 Å². The maximum Gasteiger partial charge on any atom is 0.261 e. The number of hydrogen-bond donors (Lipinski definition) is 2. The van der Waals surface area contributed by atoms with Gasteiger partial charge in [-0.2, -0.15) is 0 Å². The lowest BCUT2D eigenvalue weighted by molar-refractivity contribution is 0.0910. The van der Waals surface area contributed by atoms with Crippen LogP contribution in [-0.4, -0.2) is 20.4 Å². The Morgan fingerprint density at radius 2 is 1.62 bits per heavy atom. The molecular weight excluding hydrogens is 348 g/mol. The van der Waals surface area contributed by atoms with Crippen molar-refractivity contribution in [2.75, 3.05) is 4.72 Å².